The summed E-state index contributed by atoms with van der Waals surface area (Å²) >= 11 is 1.55. The van der Waals surface area contributed by atoms with Crippen molar-refractivity contribution in [2.75, 3.05) is 20.0 Å². The van der Waals surface area contributed by atoms with Gasteiger partial charge in [0.15, 0.2) is 10.9 Å². The predicted octanol–water partition coefficient (Wildman–Crippen LogP) is 3.14. The van der Waals surface area contributed by atoms with Gasteiger partial charge in [-0.1, -0.05) is 11.8 Å². The maximum atomic E-state index is 11.7. The molecular weight excluding hydrogens is 350 g/mol. The Balaban J connectivity index is 1.77. The van der Waals surface area contributed by atoms with E-state index in [0.717, 1.165) is 23.7 Å². The molecule has 1 saturated carbocycles. The fraction of sp³-hybridized carbons (Fsp3) is 0.368. The highest BCUT2D eigenvalue weighted by Crippen LogP contribution is 2.49. The van der Waals surface area contributed by atoms with Crippen molar-refractivity contribution in [2.24, 2.45) is 4.99 Å². The molecule has 0 unspecified atom stereocenters. The lowest BCUT2D eigenvalue weighted by Gasteiger charge is -2.35. The van der Waals surface area contributed by atoms with Gasteiger partial charge in [-0.2, -0.15) is 0 Å². The summed E-state index contributed by atoms with van der Waals surface area (Å²) in [5.74, 6) is 1.81. The van der Waals surface area contributed by atoms with E-state index >= 15 is 0 Å². The SMILES string of the molecule is COc1ccc(OC)c([C@@]2(O)CSC(=Nc3cccnc3)N2C2CC2)c1. The Kier molecular flexibility index (Phi) is 4.50. The monoisotopic (exact) mass is 371 g/mol. The second-order valence-electron chi connectivity index (χ2n) is 6.38. The molecule has 2 heterocycles. The number of hydrogen-bond donors (Lipinski definition) is 1. The summed E-state index contributed by atoms with van der Waals surface area (Å²) in [5.41, 5.74) is 0.296. The van der Waals surface area contributed by atoms with E-state index in [1.165, 1.54) is 0 Å². The van der Waals surface area contributed by atoms with Crippen LogP contribution in [0.3, 0.4) is 0 Å². The van der Waals surface area contributed by atoms with Crippen molar-refractivity contribution >= 4 is 22.6 Å². The maximum absolute atomic E-state index is 11.7. The van der Waals surface area contributed by atoms with E-state index < -0.39 is 5.72 Å². The molecule has 1 saturated heterocycles. The van der Waals surface area contributed by atoms with Gasteiger partial charge in [0.2, 0.25) is 0 Å². The molecule has 2 aromatic rings. The summed E-state index contributed by atoms with van der Waals surface area (Å²) in [6, 6.07) is 9.56. The zero-order valence-corrected chi connectivity index (χ0v) is 15.6. The van der Waals surface area contributed by atoms with Crippen LogP contribution >= 0.6 is 11.8 Å². The second-order valence-corrected chi connectivity index (χ2v) is 7.32. The lowest BCUT2D eigenvalue weighted by atomic mass is 10.0. The fourth-order valence-corrected chi connectivity index (χ4v) is 4.44. The maximum Gasteiger partial charge on any atom is 0.179 e. The first-order valence-corrected chi connectivity index (χ1v) is 9.50. The van der Waals surface area contributed by atoms with Gasteiger partial charge in [0.25, 0.3) is 0 Å². The molecular formula is C19H21N3O3S. The Morgan fingerprint density at radius 1 is 1.27 bits per heavy atom. The molecule has 0 amide bonds. The highest BCUT2D eigenvalue weighted by atomic mass is 32.2. The van der Waals surface area contributed by atoms with Crippen LogP contribution in [-0.2, 0) is 5.72 Å². The van der Waals surface area contributed by atoms with Crippen molar-refractivity contribution in [3.8, 4) is 11.5 Å². The van der Waals surface area contributed by atoms with Crippen LogP contribution in [0.15, 0.2) is 47.7 Å². The molecule has 2 fully saturated rings. The molecule has 1 atom stereocenters. The number of rotatable bonds is 5. The van der Waals surface area contributed by atoms with Gasteiger partial charge in [0, 0.05) is 12.2 Å². The zero-order chi connectivity index (χ0) is 18.1. The van der Waals surface area contributed by atoms with Crippen molar-refractivity contribution in [2.45, 2.75) is 24.6 Å². The Labute approximate surface area is 156 Å². The third-order valence-electron chi connectivity index (χ3n) is 4.63. The van der Waals surface area contributed by atoms with Crippen molar-refractivity contribution in [1.29, 1.82) is 0 Å². The third-order valence-corrected chi connectivity index (χ3v) is 5.72. The van der Waals surface area contributed by atoms with Gasteiger partial charge in [-0.15, -0.1) is 0 Å². The summed E-state index contributed by atoms with van der Waals surface area (Å²) in [6.07, 6.45) is 5.53. The van der Waals surface area contributed by atoms with Crippen LogP contribution in [-0.4, -0.2) is 46.2 Å². The summed E-state index contributed by atoms with van der Waals surface area (Å²) in [7, 11) is 3.23. The molecule has 1 aliphatic carbocycles. The topological polar surface area (TPSA) is 67.2 Å². The smallest absolute Gasteiger partial charge is 0.179 e. The van der Waals surface area contributed by atoms with E-state index in [9.17, 15) is 5.11 Å². The highest BCUT2D eigenvalue weighted by Gasteiger charge is 2.52. The first-order chi connectivity index (χ1) is 12.7. The minimum Gasteiger partial charge on any atom is -0.497 e. The molecule has 0 bridgehead atoms. The average Bonchev–Trinajstić information content (AvgIpc) is 3.46. The number of pyridine rings is 1. The highest BCUT2D eigenvalue weighted by molar-refractivity contribution is 8.14. The predicted molar refractivity (Wildman–Crippen MR) is 102 cm³/mol. The van der Waals surface area contributed by atoms with E-state index in [0.29, 0.717) is 22.8 Å². The Morgan fingerprint density at radius 2 is 2.12 bits per heavy atom. The summed E-state index contributed by atoms with van der Waals surface area (Å²) in [5, 5.41) is 12.5. The molecule has 2 aliphatic rings. The number of aliphatic hydroxyl groups is 1. The van der Waals surface area contributed by atoms with Gasteiger partial charge in [0.05, 0.1) is 37.4 Å². The lowest BCUT2D eigenvalue weighted by Crippen LogP contribution is -2.46. The molecule has 4 rings (SSSR count). The summed E-state index contributed by atoms with van der Waals surface area (Å²) in [4.78, 5) is 10.9. The van der Waals surface area contributed by atoms with Crippen LogP contribution < -0.4 is 9.47 Å². The molecule has 6 nitrogen and oxygen atoms in total. The zero-order valence-electron chi connectivity index (χ0n) is 14.8. The fourth-order valence-electron chi connectivity index (χ4n) is 3.20. The molecule has 0 radical (unpaired) electrons. The van der Waals surface area contributed by atoms with Crippen molar-refractivity contribution in [1.82, 2.24) is 9.88 Å². The van der Waals surface area contributed by atoms with E-state index in [4.69, 9.17) is 14.5 Å². The number of benzene rings is 1. The molecule has 1 aliphatic heterocycles. The minimum absolute atomic E-state index is 0.279. The van der Waals surface area contributed by atoms with Gasteiger partial charge in [-0.3, -0.25) is 4.98 Å². The van der Waals surface area contributed by atoms with Crippen molar-refractivity contribution < 1.29 is 14.6 Å². The third kappa shape index (κ3) is 3.01. The van der Waals surface area contributed by atoms with Gasteiger partial charge >= 0.3 is 0 Å². The number of thioether (sulfide) groups is 1. The van der Waals surface area contributed by atoms with E-state index in [1.807, 2.05) is 35.2 Å². The standard InChI is InChI=1S/C19H21N3O3S/c1-24-15-7-8-17(25-2)16(10-15)19(23)12-26-18(22(19)14-5-6-14)21-13-4-3-9-20-11-13/h3-4,7-11,14,23H,5-6,12H2,1-2H3/t19-/m0/s1. The number of aliphatic imine (C=N–C) groups is 1. The number of ether oxygens (including phenoxy) is 2. The number of hydrogen-bond acceptors (Lipinski definition) is 6. The van der Waals surface area contributed by atoms with Gasteiger partial charge in [0.1, 0.15) is 11.5 Å². The molecule has 1 aromatic carbocycles. The molecule has 7 heteroatoms. The van der Waals surface area contributed by atoms with Crippen molar-refractivity contribution in [3.63, 3.8) is 0 Å². The van der Waals surface area contributed by atoms with Crippen LogP contribution in [0.25, 0.3) is 0 Å². The molecule has 1 aromatic heterocycles. The lowest BCUT2D eigenvalue weighted by molar-refractivity contribution is -0.0536. The molecule has 0 spiro atoms. The first kappa shape index (κ1) is 17.2. The van der Waals surface area contributed by atoms with E-state index in [1.54, 1.807) is 38.4 Å². The minimum atomic E-state index is -1.19. The van der Waals surface area contributed by atoms with Gasteiger partial charge < -0.3 is 19.5 Å². The van der Waals surface area contributed by atoms with Gasteiger partial charge in [-0.05, 0) is 43.2 Å². The van der Waals surface area contributed by atoms with Crippen LogP contribution in [0.1, 0.15) is 18.4 Å². The average molecular weight is 371 g/mol. The van der Waals surface area contributed by atoms with Crippen LogP contribution in [0.4, 0.5) is 5.69 Å². The number of amidine groups is 1. The number of nitrogens with zero attached hydrogens (tertiary/aromatic N) is 3. The first-order valence-electron chi connectivity index (χ1n) is 8.51. The van der Waals surface area contributed by atoms with Crippen LogP contribution in [0, 0.1) is 0 Å². The van der Waals surface area contributed by atoms with E-state index in [2.05, 4.69) is 4.98 Å². The van der Waals surface area contributed by atoms with Gasteiger partial charge in [-0.25, -0.2) is 4.99 Å². The Bertz CT molecular complexity index is 826. The normalized spacial score (nSPS) is 24.1. The Hall–Kier alpha value is -2.25. The largest absolute Gasteiger partial charge is 0.497 e. The number of methoxy groups -OCH3 is 2. The number of aromatic nitrogens is 1. The van der Waals surface area contributed by atoms with Crippen LogP contribution in [0.5, 0.6) is 11.5 Å². The summed E-state index contributed by atoms with van der Waals surface area (Å²) < 4.78 is 10.9. The quantitative estimate of drug-likeness (QED) is 0.871. The summed E-state index contributed by atoms with van der Waals surface area (Å²) in [6.45, 7) is 0. The van der Waals surface area contributed by atoms with Crippen molar-refractivity contribution in [3.05, 3.63) is 48.3 Å². The Morgan fingerprint density at radius 3 is 2.77 bits per heavy atom. The van der Waals surface area contributed by atoms with Crippen LogP contribution in [0.2, 0.25) is 0 Å². The molecule has 136 valence electrons. The second kappa shape index (κ2) is 6.81. The molecule has 26 heavy (non-hydrogen) atoms. The van der Waals surface area contributed by atoms with E-state index in [-0.39, 0.29) is 6.04 Å². The molecule has 1 N–H and O–H groups in total.